The molecule has 2 N–H and O–H groups in total. The predicted octanol–water partition coefficient (Wildman–Crippen LogP) is 0.132. The molecule has 65 valence electrons. The van der Waals surface area contributed by atoms with E-state index in [1.807, 2.05) is 24.1 Å². The fourth-order valence-corrected chi connectivity index (χ4v) is 0.945. The lowest BCUT2D eigenvalue weighted by Crippen LogP contribution is -2.41. The van der Waals surface area contributed by atoms with Crippen molar-refractivity contribution in [2.45, 2.75) is 6.92 Å². The Labute approximate surface area is 71.9 Å². The van der Waals surface area contributed by atoms with Crippen LogP contribution in [-0.2, 0) is 4.79 Å². The average Bonchev–Trinajstić information content (AvgIpc) is 2.04. The van der Waals surface area contributed by atoms with E-state index in [1.54, 1.807) is 6.20 Å². The Morgan fingerprint density at radius 2 is 2.58 bits per heavy atom. The van der Waals surface area contributed by atoms with Crippen LogP contribution in [-0.4, -0.2) is 17.5 Å². The summed E-state index contributed by atoms with van der Waals surface area (Å²) < 4.78 is 0. The minimum atomic E-state index is -0.309. The maximum atomic E-state index is 10.6. The van der Waals surface area contributed by atoms with Gasteiger partial charge in [-0.1, -0.05) is 0 Å². The van der Waals surface area contributed by atoms with Gasteiger partial charge in [0.1, 0.15) is 5.82 Å². The number of hydrogen-bond donors (Lipinski definition) is 2. The van der Waals surface area contributed by atoms with Crippen LogP contribution in [0.1, 0.15) is 6.92 Å². The van der Waals surface area contributed by atoms with Crippen LogP contribution in [0.5, 0.6) is 0 Å². The quantitative estimate of drug-likeness (QED) is 0.613. The number of rotatable bonds is 2. The molecule has 4 heteroatoms. The minimum Gasteiger partial charge on any atom is -0.311 e. The minimum absolute atomic E-state index is 0.309. The lowest BCUT2D eigenvalue weighted by Gasteiger charge is -2.27. The molecular formula is C8H12N3O. The summed E-state index contributed by atoms with van der Waals surface area (Å²) in [5.41, 5.74) is 2.97. The number of carbonyl (C=O) groups is 1. The van der Waals surface area contributed by atoms with E-state index in [1.165, 1.54) is 0 Å². The zero-order chi connectivity index (χ0) is 8.97. The molecule has 0 unspecified atom stereocenters. The highest BCUT2D eigenvalue weighted by Crippen LogP contribution is 2.01. The third-order valence-electron chi connectivity index (χ3n) is 1.46. The largest absolute Gasteiger partial charge is 0.311 e. The average molecular weight is 166 g/mol. The molecule has 0 fully saturated rings. The van der Waals surface area contributed by atoms with Gasteiger partial charge in [-0.2, -0.15) is 0 Å². The third-order valence-corrected chi connectivity index (χ3v) is 1.46. The Morgan fingerprint density at radius 3 is 3.17 bits per heavy atom. The number of hydrazine groups is 1. The smallest absolute Gasteiger partial charge is 0.226 e. The number of amides is 1. The molecule has 0 bridgehead atoms. The first-order valence-electron chi connectivity index (χ1n) is 3.77. The van der Waals surface area contributed by atoms with Gasteiger partial charge in [0.05, 0.1) is 0 Å². The first-order chi connectivity index (χ1) is 5.74. The van der Waals surface area contributed by atoms with E-state index >= 15 is 0 Å². The van der Waals surface area contributed by atoms with E-state index < -0.39 is 0 Å². The maximum Gasteiger partial charge on any atom is 0.226 e. The monoisotopic (exact) mass is 166 g/mol. The van der Waals surface area contributed by atoms with Crippen molar-refractivity contribution in [3.8, 4) is 0 Å². The van der Waals surface area contributed by atoms with E-state index in [0.717, 1.165) is 12.4 Å². The van der Waals surface area contributed by atoms with Gasteiger partial charge in [0.15, 0.2) is 0 Å². The fraction of sp³-hybridized carbons (Fsp3) is 0.250. The highest BCUT2D eigenvalue weighted by Gasteiger charge is 2.08. The molecule has 1 aliphatic heterocycles. The zero-order valence-electron chi connectivity index (χ0n) is 7.00. The summed E-state index contributed by atoms with van der Waals surface area (Å²) in [7, 11) is 0. The second kappa shape index (κ2) is 3.80. The molecule has 0 spiro atoms. The van der Waals surface area contributed by atoms with Crippen molar-refractivity contribution >= 4 is 5.91 Å². The van der Waals surface area contributed by atoms with Gasteiger partial charge in [0, 0.05) is 19.7 Å². The van der Waals surface area contributed by atoms with Crippen LogP contribution in [0.4, 0.5) is 0 Å². The summed E-state index contributed by atoms with van der Waals surface area (Å²) in [6.45, 7) is 5.99. The number of allylic oxidation sites excluding steroid dienone is 2. The Kier molecular flexibility index (Phi) is 2.74. The normalized spacial score (nSPS) is 15.2. The van der Waals surface area contributed by atoms with Crippen molar-refractivity contribution in [1.29, 1.82) is 0 Å². The van der Waals surface area contributed by atoms with Crippen molar-refractivity contribution in [3.63, 3.8) is 0 Å². The number of nitrogens with zero attached hydrogens (tertiary/aromatic N) is 1. The topological polar surface area (TPSA) is 44.4 Å². The van der Waals surface area contributed by atoms with Crippen LogP contribution in [0.3, 0.4) is 0 Å². The molecule has 1 rings (SSSR count). The molecule has 1 aliphatic rings. The molecule has 0 atom stereocenters. The van der Waals surface area contributed by atoms with Gasteiger partial charge in [-0.15, -0.1) is 0 Å². The highest BCUT2D eigenvalue weighted by molar-refractivity contribution is 5.81. The van der Waals surface area contributed by atoms with E-state index in [0.29, 0.717) is 0 Å². The SMILES string of the molecule is [CH2]C(=O)NC1=CC=CNN1CC. The third kappa shape index (κ3) is 2.02. The lowest BCUT2D eigenvalue weighted by molar-refractivity contribution is -0.116. The van der Waals surface area contributed by atoms with Crippen LogP contribution < -0.4 is 10.7 Å². The van der Waals surface area contributed by atoms with Gasteiger partial charge in [0.2, 0.25) is 5.91 Å². The first-order valence-corrected chi connectivity index (χ1v) is 3.77. The van der Waals surface area contributed by atoms with Crippen LogP contribution in [0.25, 0.3) is 0 Å². The zero-order valence-corrected chi connectivity index (χ0v) is 7.00. The van der Waals surface area contributed by atoms with Gasteiger partial charge in [0.25, 0.3) is 0 Å². The van der Waals surface area contributed by atoms with Crippen molar-refractivity contribution in [3.05, 3.63) is 31.1 Å². The van der Waals surface area contributed by atoms with Gasteiger partial charge in [-0.3, -0.25) is 9.80 Å². The molecular weight excluding hydrogens is 154 g/mol. The van der Waals surface area contributed by atoms with E-state index in [-0.39, 0.29) is 5.91 Å². The number of carbonyl (C=O) groups excluding carboxylic acids is 1. The van der Waals surface area contributed by atoms with Crippen molar-refractivity contribution < 1.29 is 4.79 Å². The van der Waals surface area contributed by atoms with Crippen LogP contribution in [0.15, 0.2) is 24.2 Å². The maximum absolute atomic E-state index is 10.6. The summed E-state index contributed by atoms with van der Waals surface area (Å²) in [4.78, 5) is 10.6. The molecule has 0 aromatic carbocycles. The lowest BCUT2D eigenvalue weighted by atomic mass is 10.4. The summed E-state index contributed by atoms with van der Waals surface area (Å²) in [5.74, 6) is 0.414. The fourth-order valence-electron chi connectivity index (χ4n) is 0.945. The Balaban J connectivity index is 2.63. The van der Waals surface area contributed by atoms with Crippen LogP contribution in [0, 0.1) is 6.92 Å². The number of nitrogens with one attached hydrogen (secondary N) is 2. The summed E-state index contributed by atoms with van der Waals surface area (Å²) in [6.07, 6.45) is 5.42. The number of hydrogen-bond acceptors (Lipinski definition) is 3. The second-order valence-corrected chi connectivity index (χ2v) is 2.33. The summed E-state index contributed by atoms with van der Waals surface area (Å²) in [5, 5.41) is 4.41. The molecule has 1 amide bonds. The van der Waals surface area contributed by atoms with Gasteiger partial charge in [-0.25, -0.2) is 0 Å². The molecule has 0 aromatic rings. The molecule has 1 radical (unpaired) electrons. The molecule has 12 heavy (non-hydrogen) atoms. The first kappa shape index (κ1) is 8.64. The van der Waals surface area contributed by atoms with Crippen molar-refractivity contribution in [2.75, 3.05) is 6.54 Å². The molecule has 0 saturated heterocycles. The van der Waals surface area contributed by atoms with E-state index in [9.17, 15) is 4.79 Å². The second-order valence-electron chi connectivity index (χ2n) is 2.33. The van der Waals surface area contributed by atoms with E-state index in [2.05, 4.69) is 17.7 Å². The van der Waals surface area contributed by atoms with Crippen LogP contribution >= 0.6 is 0 Å². The van der Waals surface area contributed by atoms with Crippen LogP contribution in [0.2, 0.25) is 0 Å². The van der Waals surface area contributed by atoms with E-state index in [4.69, 9.17) is 0 Å². The standard InChI is InChI=1S/C8H12N3O/c1-3-11-8(10-7(2)12)5-4-6-9-11/h4-6,9H,2-3H2,1H3,(H,10,12). The molecule has 0 saturated carbocycles. The van der Waals surface area contributed by atoms with Gasteiger partial charge in [-0.05, 0) is 19.1 Å². The van der Waals surface area contributed by atoms with Gasteiger partial charge >= 0.3 is 0 Å². The molecule has 4 nitrogen and oxygen atoms in total. The summed E-state index contributed by atoms with van der Waals surface area (Å²) in [6, 6.07) is 0. The van der Waals surface area contributed by atoms with Crippen molar-refractivity contribution in [1.82, 2.24) is 15.8 Å². The Hall–Kier alpha value is -1.45. The summed E-state index contributed by atoms with van der Waals surface area (Å²) >= 11 is 0. The highest BCUT2D eigenvalue weighted by atomic mass is 16.1. The molecule has 0 aliphatic carbocycles. The predicted molar refractivity (Wildman–Crippen MR) is 46.2 cm³/mol. The Morgan fingerprint density at radius 1 is 1.83 bits per heavy atom. The van der Waals surface area contributed by atoms with Gasteiger partial charge < -0.3 is 10.7 Å². The molecule has 0 aromatic heterocycles. The molecule has 1 heterocycles. The Bertz CT molecular complexity index is 232. The van der Waals surface area contributed by atoms with Crippen molar-refractivity contribution in [2.24, 2.45) is 0 Å².